The molecule has 1 N–H and O–H groups in total. The summed E-state index contributed by atoms with van der Waals surface area (Å²) in [5, 5.41) is 10.2. The summed E-state index contributed by atoms with van der Waals surface area (Å²) in [6.07, 6.45) is 4.29. The number of nitrogens with zero attached hydrogens (tertiary/aromatic N) is 2. The summed E-state index contributed by atoms with van der Waals surface area (Å²) in [6.45, 7) is 2.85. The van der Waals surface area contributed by atoms with E-state index in [1.165, 1.54) is 0 Å². The van der Waals surface area contributed by atoms with Crippen molar-refractivity contribution in [3.63, 3.8) is 0 Å². The van der Waals surface area contributed by atoms with Crippen LogP contribution in [0.5, 0.6) is 0 Å². The normalized spacial score (nSPS) is 28.9. The molecule has 1 saturated carbocycles. The molecule has 1 aromatic rings. The summed E-state index contributed by atoms with van der Waals surface area (Å²) in [4.78, 5) is 16.4. The van der Waals surface area contributed by atoms with Crippen molar-refractivity contribution in [2.75, 3.05) is 33.4 Å². The Kier molecular flexibility index (Phi) is 5.35. The molecule has 3 unspecified atom stereocenters. The van der Waals surface area contributed by atoms with E-state index in [0.29, 0.717) is 26.3 Å². The first-order valence-corrected chi connectivity index (χ1v) is 8.41. The largest absolute Gasteiger partial charge is 0.467 e. The van der Waals surface area contributed by atoms with Gasteiger partial charge >= 0.3 is 0 Å². The number of hydrogen-bond donors (Lipinski definition) is 1. The lowest BCUT2D eigenvalue weighted by Gasteiger charge is -2.40. The van der Waals surface area contributed by atoms with Gasteiger partial charge in [-0.1, -0.05) is 6.42 Å². The van der Waals surface area contributed by atoms with E-state index in [2.05, 4.69) is 4.90 Å². The Labute approximate surface area is 137 Å². The molecule has 0 bridgehead atoms. The minimum atomic E-state index is -0.264. The van der Waals surface area contributed by atoms with Gasteiger partial charge in [-0.2, -0.15) is 0 Å². The molecule has 0 spiro atoms. The first-order chi connectivity index (χ1) is 11.1. The van der Waals surface area contributed by atoms with Crippen LogP contribution in [0.25, 0.3) is 0 Å². The fraction of sp³-hybridized carbons (Fsp3) is 0.706. The molecule has 0 radical (unpaired) electrons. The van der Waals surface area contributed by atoms with E-state index in [1.54, 1.807) is 18.2 Å². The van der Waals surface area contributed by atoms with Crippen LogP contribution in [0.2, 0.25) is 0 Å². The first-order valence-electron chi connectivity index (χ1n) is 8.41. The van der Waals surface area contributed by atoms with Gasteiger partial charge in [0.05, 0.1) is 38.7 Å². The number of carbonyl (C=O) groups is 1. The number of amides is 1. The van der Waals surface area contributed by atoms with Gasteiger partial charge in [-0.3, -0.25) is 9.69 Å². The lowest BCUT2D eigenvalue weighted by atomic mass is 9.94. The van der Waals surface area contributed by atoms with Crippen molar-refractivity contribution in [3.05, 3.63) is 24.2 Å². The van der Waals surface area contributed by atoms with Gasteiger partial charge in [0.2, 0.25) is 5.91 Å². The zero-order chi connectivity index (χ0) is 16.2. The van der Waals surface area contributed by atoms with E-state index in [1.807, 2.05) is 12.1 Å². The maximum Gasteiger partial charge on any atom is 0.236 e. The molecular formula is C17H26N2O4. The number of morpholine rings is 1. The molecule has 2 fully saturated rings. The third kappa shape index (κ3) is 3.94. The SMILES string of the molecule is CN(Cc1ccco1)C(=O)CN1CCOCC1C1CCCC1O. The zero-order valence-electron chi connectivity index (χ0n) is 13.7. The number of likely N-dealkylation sites (N-methyl/N-ethyl adjacent to an activating group) is 1. The number of rotatable bonds is 5. The second-order valence-corrected chi connectivity index (χ2v) is 6.60. The van der Waals surface area contributed by atoms with Crippen LogP contribution in [0.3, 0.4) is 0 Å². The molecule has 1 saturated heterocycles. The second kappa shape index (κ2) is 7.47. The molecule has 1 aliphatic heterocycles. The van der Waals surface area contributed by atoms with E-state index in [-0.39, 0.29) is 24.0 Å². The molecule has 2 heterocycles. The van der Waals surface area contributed by atoms with Gasteiger partial charge < -0.3 is 19.2 Å². The summed E-state index contributed by atoms with van der Waals surface area (Å²) in [6, 6.07) is 3.84. The van der Waals surface area contributed by atoms with Crippen LogP contribution in [0, 0.1) is 5.92 Å². The van der Waals surface area contributed by atoms with Crippen molar-refractivity contribution in [2.24, 2.45) is 5.92 Å². The minimum Gasteiger partial charge on any atom is -0.467 e. The third-order valence-electron chi connectivity index (χ3n) is 5.04. The van der Waals surface area contributed by atoms with Crippen LogP contribution in [0.1, 0.15) is 25.0 Å². The molecule has 3 atom stereocenters. The van der Waals surface area contributed by atoms with Crippen LogP contribution >= 0.6 is 0 Å². The van der Waals surface area contributed by atoms with Crippen LogP contribution in [0.15, 0.2) is 22.8 Å². The topological polar surface area (TPSA) is 66.2 Å². The van der Waals surface area contributed by atoms with E-state index < -0.39 is 0 Å². The summed E-state index contributed by atoms with van der Waals surface area (Å²) < 4.78 is 10.9. The lowest BCUT2D eigenvalue weighted by Crippen LogP contribution is -2.54. The lowest BCUT2D eigenvalue weighted by molar-refractivity contribution is -0.135. The van der Waals surface area contributed by atoms with E-state index in [9.17, 15) is 9.90 Å². The highest BCUT2D eigenvalue weighted by Gasteiger charge is 2.38. The van der Waals surface area contributed by atoms with Crippen LogP contribution in [-0.2, 0) is 16.1 Å². The average molecular weight is 322 g/mol. The summed E-state index contributed by atoms with van der Waals surface area (Å²) in [7, 11) is 1.80. The van der Waals surface area contributed by atoms with Gasteiger partial charge in [0.15, 0.2) is 0 Å². The Morgan fingerprint density at radius 2 is 2.35 bits per heavy atom. The Morgan fingerprint density at radius 3 is 3.04 bits per heavy atom. The van der Waals surface area contributed by atoms with Crippen molar-refractivity contribution in [2.45, 2.75) is 38.0 Å². The molecule has 2 aliphatic rings. The Bertz CT molecular complexity index is 505. The van der Waals surface area contributed by atoms with E-state index in [0.717, 1.165) is 31.6 Å². The predicted molar refractivity (Wildman–Crippen MR) is 84.7 cm³/mol. The van der Waals surface area contributed by atoms with Crippen LogP contribution < -0.4 is 0 Å². The van der Waals surface area contributed by atoms with Gasteiger partial charge in [0.25, 0.3) is 0 Å². The highest BCUT2D eigenvalue weighted by atomic mass is 16.5. The van der Waals surface area contributed by atoms with Crippen LogP contribution in [-0.4, -0.2) is 66.3 Å². The second-order valence-electron chi connectivity index (χ2n) is 6.60. The maximum atomic E-state index is 12.5. The molecular weight excluding hydrogens is 296 g/mol. The van der Waals surface area contributed by atoms with Crippen molar-refractivity contribution in [3.8, 4) is 0 Å². The molecule has 1 aliphatic carbocycles. The number of furan rings is 1. The van der Waals surface area contributed by atoms with Gasteiger partial charge in [-0.25, -0.2) is 0 Å². The van der Waals surface area contributed by atoms with Gasteiger partial charge in [0.1, 0.15) is 5.76 Å². The molecule has 3 rings (SSSR count). The molecule has 128 valence electrons. The zero-order valence-corrected chi connectivity index (χ0v) is 13.7. The first kappa shape index (κ1) is 16.5. The van der Waals surface area contributed by atoms with Crippen molar-refractivity contribution in [1.82, 2.24) is 9.80 Å². The maximum absolute atomic E-state index is 12.5. The molecule has 0 aromatic carbocycles. The third-order valence-corrected chi connectivity index (χ3v) is 5.04. The molecule has 23 heavy (non-hydrogen) atoms. The summed E-state index contributed by atoms with van der Waals surface area (Å²) >= 11 is 0. The molecule has 6 heteroatoms. The quantitative estimate of drug-likeness (QED) is 0.879. The number of carbonyl (C=O) groups excluding carboxylic acids is 1. The number of aliphatic hydroxyl groups excluding tert-OH is 1. The number of aliphatic hydroxyl groups is 1. The monoisotopic (exact) mass is 322 g/mol. The highest BCUT2D eigenvalue weighted by Crippen LogP contribution is 2.32. The molecule has 6 nitrogen and oxygen atoms in total. The Hall–Kier alpha value is -1.37. The summed E-state index contributed by atoms with van der Waals surface area (Å²) in [5.74, 6) is 1.07. The minimum absolute atomic E-state index is 0.0702. The Balaban J connectivity index is 1.58. The fourth-order valence-corrected chi connectivity index (χ4v) is 3.68. The number of ether oxygens (including phenoxy) is 1. The smallest absolute Gasteiger partial charge is 0.236 e. The van der Waals surface area contributed by atoms with E-state index in [4.69, 9.17) is 9.15 Å². The fourth-order valence-electron chi connectivity index (χ4n) is 3.68. The molecule has 1 aromatic heterocycles. The predicted octanol–water partition coefficient (Wildman–Crippen LogP) is 1.10. The van der Waals surface area contributed by atoms with Gasteiger partial charge in [0, 0.05) is 25.6 Å². The molecule has 1 amide bonds. The van der Waals surface area contributed by atoms with Crippen LogP contribution in [0.4, 0.5) is 0 Å². The van der Waals surface area contributed by atoms with E-state index >= 15 is 0 Å². The highest BCUT2D eigenvalue weighted by molar-refractivity contribution is 5.78. The Morgan fingerprint density at radius 1 is 1.48 bits per heavy atom. The summed E-state index contributed by atoms with van der Waals surface area (Å²) in [5.41, 5.74) is 0. The van der Waals surface area contributed by atoms with Crippen molar-refractivity contribution >= 4 is 5.91 Å². The average Bonchev–Trinajstić information content (AvgIpc) is 3.19. The van der Waals surface area contributed by atoms with Gasteiger partial charge in [-0.05, 0) is 25.0 Å². The van der Waals surface area contributed by atoms with Crippen molar-refractivity contribution < 1.29 is 19.1 Å². The number of hydrogen-bond acceptors (Lipinski definition) is 5. The van der Waals surface area contributed by atoms with Crippen molar-refractivity contribution in [1.29, 1.82) is 0 Å². The standard InChI is InChI=1S/C17H26N2O4/c1-18(10-13-4-3-8-23-13)17(21)11-19-7-9-22-12-15(19)14-5-2-6-16(14)20/h3-4,8,14-16,20H,2,5-7,9-12H2,1H3. The van der Waals surface area contributed by atoms with Gasteiger partial charge in [-0.15, -0.1) is 0 Å².